The van der Waals surface area contributed by atoms with Crippen LogP contribution in [0.2, 0.25) is 0 Å². The number of anilines is 2. The first-order valence-electron chi connectivity index (χ1n) is 7.88. The molecule has 0 spiro atoms. The minimum Gasteiger partial charge on any atom is -0.325 e. The average Bonchev–Trinajstić information content (AvgIpc) is 2.98. The average molecular weight is 506 g/mol. The molecule has 3 rings (SSSR count). The van der Waals surface area contributed by atoms with Crippen molar-refractivity contribution in [2.75, 3.05) is 16.8 Å². The highest BCUT2D eigenvalue weighted by molar-refractivity contribution is 9.10. The van der Waals surface area contributed by atoms with Gasteiger partial charge in [-0.3, -0.25) is 9.59 Å². The predicted octanol–water partition coefficient (Wildman–Crippen LogP) is 5.22. The first-order chi connectivity index (χ1) is 12.6. The second kappa shape index (κ2) is 7.63. The summed E-state index contributed by atoms with van der Waals surface area (Å²) in [5.74, 6) is -1.59. The maximum atomic E-state index is 13.2. The third-order valence-corrected chi connectivity index (χ3v) is 5.20. The molecule has 2 aromatic carbocycles. The zero-order chi connectivity index (χ0) is 19.8. The van der Waals surface area contributed by atoms with Crippen LogP contribution in [0, 0.1) is 5.92 Å². The fourth-order valence-electron chi connectivity index (χ4n) is 2.85. The number of amides is 2. The molecule has 1 N–H and O–H groups in total. The SMILES string of the molecule is O=C(Nc1ccc(Br)cc1C(F)(F)F)[C@H]1CC(=O)N(c2ccc(Br)cc2)C1. The van der Waals surface area contributed by atoms with Gasteiger partial charge in [-0.25, -0.2) is 0 Å². The Morgan fingerprint density at radius 3 is 2.33 bits per heavy atom. The van der Waals surface area contributed by atoms with Gasteiger partial charge in [0.2, 0.25) is 11.8 Å². The lowest BCUT2D eigenvalue weighted by molar-refractivity contribution is -0.137. The van der Waals surface area contributed by atoms with Gasteiger partial charge in [-0.1, -0.05) is 31.9 Å². The van der Waals surface area contributed by atoms with Crippen molar-refractivity contribution in [3.63, 3.8) is 0 Å². The maximum Gasteiger partial charge on any atom is 0.418 e. The Bertz CT molecular complexity index is 885. The molecule has 4 nitrogen and oxygen atoms in total. The lowest BCUT2D eigenvalue weighted by Crippen LogP contribution is -2.28. The first-order valence-corrected chi connectivity index (χ1v) is 9.47. The normalized spacial score (nSPS) is 17.3. The van der Waals surface area contributed by atoms with Crippen molar-refractivity contribution in [2.24, 2.45) is 5.92 Å². The zero-order valence-corrected chi connectivity index (χ0v) is 16.9. The maximum absolute atomic E-state index is 13.2. The number of hydrogen-bond donors (Lipinski definition) is 1. The molecule has 1 fully saturated rings. The number of nitrogens with zero attached hydrogens (tertiary/aromatic N) is 1. The highest BCUT2D eigenvalue weighted by atomic mass is 79.9. The van der Waals surface area contributed by atoms with Gasteiger partial charge in [-0.05, 0) is 42.5 Å². The molecular formula is C18H13Br2F3N2O2. The van der Waals surface area contributed by atoms with E-state index < -0.39 is 23.6 Å². The standard InChI is InChI=1S/C18H13Br2F3N2O2/c19-11-1-4-13(5-2-11)25-9-10(7-16(25)26)17(27)24-15-6-3-12(20)8-14(15)18(21,22)23/h1-6,8,10H,7,9H2,(H,24,27)/t10-/m0/s1. The molecule has 0 aromatic heterocycles. The molecule has 0 radical (unpaired) electrons. The number of carbonyl (C=O) groups is 2. The van der Waals surface area contributed by atoms with Crippen LogP contribution in [0.25, 0.3) is 0 Å². The molecule has 0 saturated carbocycles. The summed E-state index contributed by atoms with van der Waals surface area (Å²) in [6.07, 6.45) is -4.67. The van der Waals surface area contributed by atoms with E-state index in [0.717, 1.165) is 10.5 Å². The summed E-state index contributed by atoms with van der Waals surface area (Å²) in [5, 5.41) is 2.32. The van der Waals surface area contributed by atoms with Crippen molar-refractivity contribution in [1.82, 2.24) is 0 Å². The fourth-order valence-corrected chi connectivity index (χ4v) is 3.47. The van der Waals surface area contributed by atoms with Gasteiger partial charge in [0.05, 0.1) is 17.2 Å². The lowest BCUT2D eigenvalue weighted by atomic mass is 10.1. The summed E-state index contributed by atoms with van der Waals surface area (Å²) in [4.78, 5) is 26.2. The van der Waals surface area contributed by atoms with E-state index >= 15 is 0 Å². The number of halogens is 5. The number of benzene rings is 2. The van der Waals surface area contributed by atoms with Crippen molar-refractivity contribution < 1.29 is 22.8 Å². The van der Waals surface area contributed by atoms with Crippen LogP contribution >= 0.6 is 31.9 Å². The summed E-state index contributed by atoms with van der Waals surface area (Å²) < 4.78 is 40.7. The summed E-state index contributed by atoms with van der Waals surface area (Å²) in [6, 6.07) is 10.5. The van der Waals surface area contributed by atoms with E-state index in [-0.39, 0.29) is 29.0 Å². The molecule has 9 heteroatoms. The van der Waals surface area contributed by atoms with E-state index in [0.29, 0.717) is 5.69 Å². The molecule has 2 amide bonds. The highest BCUT2D eigenvalue weighted by Gasteiger charge is 2.37. The Kier molecular flexibility index (Phi) is 5.62. The Morgan fingerprint density at radius 2 is 1.70 bits per heavy atom. The van der Waals surface area contributed by atoms with Gasteiger partial charge in [0.25, 0.3) is 0 Å². The van der Waals surface area contributed by atoms with Gasteiger partial charge < -0.3 is 10.2 Å². The van der Waals surface area contributed by atoms with Crippen molar-refractivity contribution in [2.45, 2.75) is 12.6 Å². The third-order valence-electron chi connectivity index (χ3n) is 4.18. The molecule has 142 valence electrons. The number of hydrogen-bond acceptors (Lipinski definition) is 2. The van der Waals surface area contributed by atoms with Crippen LogP contribution in [-0.4, -0.2) is 18.4 Å². The molecular weight excluding hydrogens is 493 g/mol. The molecule has 1 atom stereocenters. The smallest absolute Gasteiger partial charge is 0.325 e. The number of carbonyl (C=O) groups excluding carboxylic acids is 2. The monoisotopic (exact) mass is 504 g/mol. The minimum absolute atomic E-state index is 0.0558. The van der Waals surface area contributed by atoms with Crippen LogP contribution in [-0.2, 0) is 15.8 Å². The molecule has 1 heterocycles. The van der Waals surface area contributed by atoms with Crippen LogP contribution in [0.1, 0.15) is 12.0 Å². The molecule has 1 saturated heterocycles. The summed E-state index contributed by atoms with van der Waals surface area (Å²) in [6.45, 7) is 0.115. The van der Waals surface area contributed by atoms with Gasteiger partial charge in [-0.2, -0.15) is 13.2 Å². The van der Waals surface area contributed by atoms with E-state index in [9.17, 15) is 22.8 Å². The number of alkyl halides is 3. The molecule has 0 unspecified atom stereocenters. The lowest BCUT2D eigenvalue weighted by Gasteiger charge is -2.18. The van der Waals surface area contributed by atoms with Crippen LogP contribution in [0.4, 0.5) is 24.5 Å². The summed E-state index contributed by atoms with van der Waals surface area (Å²) in [7, 11) is 0. The highest BCUT2D eigenvalue weighted by Crippen LogP contribution is 2.37. The van der Waals surface area contributed by atoms with Crippen molar-refractivity contribution in [1.29, 1.82) is 0 Å². The first kappa shape index (κ1) is 19.9. The Hall–Kier alpha value is -1.87. The molecule has 2 aromatic rings. The molecule has 0 aliphatic carbocycles. The van der Waals surface area contributed by atoms with Gasteiger partial charge in [-0.15, -0.1) is 0 Å². The van der Waals surface area contributed by atoms with Gasteiger partial charge in [0.15, 0.2) is 0 Å². The topological polar surface area (TPSA) is 49.4 Å². The van der Waals surface area contributed by atoms with Gasteiger partial charge >= 0.3 is 6.18 Å². The van der Waals surface area contributed by atoms with Crippen LogP contribution in [0.3, 0.4) is 0 Å². The number of rotatable bonds is 3. The molecule has 1 aliphatic heterocycles. The van der Waals surface area contributed by atoms with Crippen LogP contribution in [0.5, 0.6) is 0 Å². The van der Waals surface area contributed by atoms with E-state index in [1.54, 1.807) is 24.3 Å². The van der Waals surface area contributed by atoms with E-state index in [1.807, 2.05) is 0 Å². The van der Waals surface area contributed by atoms with Gasteiger partial charge in [0.1, 0.15) is 0 Å². The third kappa shape index (κ3) is 4.52. The molecule has 0 bridgehead atoms. The molecule has 27 heavy (non-hydrogen) atoms. The quantitative estimate of drug-likeness (QED) is 0.621. The largest absolute Gasteiger partial charge is 0.418 e. The second-order valence-corrected chi connectivity index (χ2v) is 7.89. The predicted molar refractivity (Wildman–Crippen MR) is 102 cm³/mol. The second-order valence-electron chi connectivity index (χ2n) is 6.06. The number of nitrogens with one attached hydrogen (secondary N) is 1. The summed E-state index contributed by atoms with van der Waals surface area (Å²) in [5.41, 5.74) is -0.636. The van der Waals surface area contributed by atoms with Crippen LogP contribution < -0.4 is 10.2 Å². The molecule has 1 aliphatic rings. The van der Waals surface area contributed by atoms with E-state index in [1.165, 1.54) is 17.0 Å². The minimum atomic E-state index is -4.61. The fraction of sp³-hybridized carbons (Fsp3) is 0.222. The zero-order valence-electron chi connectivity index (χ0n) is 13.7. The summed E-state index contributed by atoms with van der Waals surface area (Å²) >= 11 is 6.31. The Morgan fingerprint density at radius 1 is 1.07 bits per heavy atom. The van der Waals surface area contributed by atoms with E-state index in [2.05, 4.69) is 37.2 Å². The van der Waals surface area contributed by atoms with Gasteiger partial charge in [0, 0.05) is 27.6 Å². The van der Waals surface area contributed by atoms with Crippen molar-refractivity contribution in [3.8, 4) is 0 Å². The van der Waals surface area contributed by atoms with Crippen molar-refractivity contribution >= 4 is 55.0 Å². The Labute approximate surface area is 170 Å². The van der Waals surface area contributed by atoms with Crippen molar-refractivity contribution in [3.05, 3.63) is 57.0 Å². The van der Waals surface area contributed by atoms with Crippen LogP contribution in [0.15, 0.2) is 51.4 Å². The van der Waals surface area contributed by atoms with E-state index in [4.69, 9.17) is 0 Å². The Balaban J connectivity index is 1.76.